The molecule has 0 saturated carbocycles. The molecule has 2 rings (SSSR count). The summed E-state index contributed by atoms with van der Waals surface area (Å²) in [7, 11) is 1.70. The van der Waals surface area contributed by atoms with E-state index < -0.39 is 0 Å². The maximum Gasteiger partial charge on any atom is 0.118 e. The number of hydrogen-bond acceptors (Lipinski definition) is 4. The Morgan fingerprint density at radius 3 is 2.85 bits per heavy atom. The number of benzene rings is 1. The first-order valence-electron chi connectivity index (χ1n) is 7.27. The lowest BCUT2D eigenvalue weighted by atomic mass is 10.1. The fourth-order valence-electron chi connectivity index (χ4n) is 2.56. The number of nitrogens with zero attached hydrogens (tertiary/aromatic N) is 1. The topological polar surface area (TPSA) is 21.7 Å². The van der Waals surface area contributed by atoms with Gasteiger partial charge >= 0.3 is 0 Å². The SMILES string of the molecule is COc1ccc(C[C@H]2CN(CCCSC)CCO2)cc1. The van der Waals surface area contributed by atoms with E-state index in [1.54, 1.807) is 7.11 Å². The van der Waals surface area contributed by atoms with Gasteiger partial charge in [-0.15, -0.1) is 0 Å². The summed E-state index contributed by atoms with van der Waals surface area (Å²) in [5, 5.41) is 0. The summed E-state index contributed by atoms with van der Waals surface area (Å²) in [5.41, 5.74) is 1.32. The molecule has 1 fully saturated rings. The second-order valence-electron chi connectivity index (χ2n) is 5.19. The van der Waals surface area contributed by atoms with E-state index in [9.17, 15) is 0 Å². The molecule has 1 aliphatic rings. The summed E-state index contributed by atoms with van der Waals surface area (Å²) >= 11 is 1.93. The highest BCUT2D eigenvalue weighted by atomic mass is 32.2. The number of methoxy groups -OCH3 is 1. The Labute approximate surface area is 126 Å². The fourth-order valence-corrected chi connectivity index (χ4v) is 2.98. The summed E-state index contributed by atoms with van der Waals surface area (Å²) in [6.07, 6.45) is 4.76. The van der Waals surface area contributed by atoms with Crippen molar-refractivity contribution >= 4 is 11.8 Å². The first-order chi connectivity index (χ1) is 9.81. The van der Waals surface area contributed by atoms with Gasteiger partial charge < -0.3 is 9.47 Å². The molecule has 0 aliphatic carbocycles. The van der Waals surface area contributed by atoms with E-state index in [0.29, 0.717) is 6.10 Å². The molecular formula is C16H25NO2S. The normalized spacial score (nSPS) is 20.0. The highest BCUT2D eigenvalue weighted by Crippen LogP contribution is 2.16. The van der Waals surface area contributed by atoms with Crippen LogP contribution in [-0.2, 0) is 11.2 Å². The number of rotatable bonds is 7. The highest BCUT2D eigenvalue weighted by Gasteiger charge is 2.20. The largest absolute Gasteiger partial charge is 0.497 e. The summed E-state index contributed by atoms with van der Waals surface area (Å²) in [6.45, 7) is 4.19. The molecule has 0 bridgehead atoms. The molecule has 0 N–H and O–H groups in total. The third kappa shape index (κ3) is 5.00. The van der Waals surface area contributed by atoms with Crippen LogP contribution in [0.5, 0.6) is 5.75 Å². The average Bonchev–Trinajstić information content (AvgIpc) is 2.49. The lowest BCUT2D eigenvalue weighted by Gasteiger charge is -2.33. The first-order valence-corrected chi connectivity index (χ1v) is 8.67. The molecule has 1 aliphatic heterocycles. The minimum absolute atomic E-state index is 0.325. The van der Waals surface area contributed by atoms with Crippen LogP contribution in [-0.4, -0.2) is 56.4 Å². The van der Waals surface area contributed by atoms with E-state index in [1.165, 1.54) is 24.3 Å². The van der Waals surface area contributed by atoms with Gasteiger partial charge in [-0.05, 0) is 49.1 Å². The van der Waals surface area contributed by atoms with Crippen LogP contribution in [0.2, 0.25) is 0 Å². The number of ether oxygens (including phenoxy) is 2. The van der Waals surface area contributed by atoms with Gasteiger partial charge in [0.15, 0.2) is 0 Å². The zero-order valence-corrected chi connectivity index (χ0v) is 13.3. The van der Waals surface area contributed by atoms with Crippen LogP contribution in [0, 0.1) is 0 Å². The predicted molar refractivity (Wildman–Crippen MR) is 85.9 cm³/mol. The molecule has 0 radical (unpaired) electrons. The molecule has 1 aromatic carbocycles. The Kier molecular flexibility index (Phi) is 6.70. The van der Waals surface area contributed by atoms with Gasteiger partial charge in [0.2, 0.25) is 0 Å². The molecule has 4 heteroatoms. The van der Waals surface area contributed by atoms with Crippen molar-refractivity contribution in [3.63, 3.8) is 0 Å². The third-order valence-electron chi connectivity index (χ3n) is 3.67. The Bertz CT molecular complexity index is 383. The van der Waals surface area contributed by atoms with E-state index in [-0.39, 0.29) is 0 Å². The molecule has 1 saturated heterocycles. The van der Waals surface area contributed by atoms with Gasteiger partial charge in [0.1, 0.15) is 5.75 Å². The molecule has 1 atom stereocenters. The van der Waals surface area contributed by atoms with Gasteiger partial charge in [-0.2, -0.15) is 11.8 Å². The number of morpholine rings is 1. The van der Waals surface area contributed by atoms with E-state index >= 15 is 0 Å². The van der Waals surface area contributed by atoms with Gasteiger partial charge in [0, 0.05) is 13.1 Å². The lowest BCUT2D eigenvalue weighted by Crippen LogP contribution is -2.43. The van der Waals surface area contributed by atoms with Crippen molar-refractivity contribution in [2.75, 3.05) is 45.4 Å². The van der Waals surface area contributed by atoms with Crippen LogP contribution in [0.1, 0.15) is 12.0 Å². The molecule has 112 valence electrons. The number of hydrogen-bond donors (Lipinski definition) is 0. The minimum atomic E-state index is 0.325. The Balaban J connectivity index is 1.79. The maximum absolute atomic E-state index is 5.90. The van der Waals surface area contributed by atoms with Gasteiger partial charge in [0.25, 0.3) is 0 Å². The summed E-state index contributed by atoms with van der Waals surface area (Å²) in [5.74, 6) is 2.16. The summed E-state index contributed by atoms with van der Waals surface area (Å²) in [6, 6.07) is 8.31. The van der Waals surface area contributed by atoms with Crippen LogP contribution in [0.3, 0.4) is 0 Å². The molecule has 1 aromatic rings. The van der Waals surface area contributed by atoms with Crippen molar-refractivity contribution in [1.29, 1.82) is 0 Å². The monoisotopic (exact) mass is 295 g/mol. The third-order valence-corrected chi connectivity index (χ3v) is 4.37. The average molecular weight is 295 g/mol. The van der Waals surface area contributed by atoms with E-state index in [4.69, 9.17) is 9.47 Å². The molecule has 3 nitrogen and oxygen atoms in total. The molecular weight excluding hydrogens is 270 g/mol. The van der Waals surface area contributed by atoms with Crippen molar-refractivity contribution in [2.45, 2.75) is 18.9 Å². The van der Waals surface area contributed by atoms with Gasteiger partial charge in [0.05, 0.1) is 19.8 Å². The smallest absolute Gasteiger partial charge is 0.118 e. The maximum atomic E-state index is 5.90. The van der Waals surface area contributed by atoms with Crippen molar-refractivity contribution in [1.82, 2.24) is 4.90 Å². The second-order valence-corrected chi connectivity index (χ2v) is 6.18. The molecule has 20 heavy (non-hydrogen) atoms. The van der Waals surface area contributed by atoms with Gasteiger partial charge in [-0.3, -0.25) is 4.90 Å². The Hall–Kier alpha value is -0.710. The molecule has 0 aromatic heterocycles. The molecule has 0 amide bonds. The van der Waals surface area contributed by atoms with Gasteiger partial charge in [-0.25, -0.2) is 0 Å². The van der Waals surface area contributed by atoms with Crippen LogP contribution < -0.4 is 4.74 Å². The Morgan fingerprint density at radius 1 is 1.35 bits per heavy atom. The van der Waals surface area contributed by atoms with Gasteiger partial charge in [-0.1, -0.05) is 12.1 Å². The van der Waals surface area contributed by atoms with Crippen molar-refractivity contribution in [3.8, 4) is 5.75 Å². The number of thioether (sulfide) groups is 1. The molecule has 0 unspecified atom stereocenters. The standard InChI is InChI=1S/C16H25NO2S/c1-18-15-6-4-14(5-7-15)12-16-13-17(9-10-19-16)8-3-11-20-2/h4-7,16H,3,8-13H2,1-2H3/t16-/m0/s1. The fraction of sp³-hybridized carbons (Fsp3) is 0.625. The van der Waals surface area contributed by atoms with Crippen molar-refractivity contribution in [3.05, 3.63) is 29.8 Å². The van der Waals surface area contributed by atoms with Crippen LogP contribution in [0.4, 0.5) is 0 Å². The zero-order chi connectivity index (χ0) is 14.2. The van der Waals surface area contributed by atoms with E-state index in [2.05, 4.69) is 23.3 Å². The van der Waals surface area contributed by atoms with Crippen molar-refractivity contribution < 1.29 is 9.47 Å². The predicted octanol–water partition coefficient (Wildman–Crippen LogP) is 2.69. The quantitative estimate of drug-likeness (QED) is 0.721. The van der Waals surface area contributed by atoms with Crippen LogP contribution in [0.25, 0.3) is 0 Å². The lowest BCUT2D eigenvalue weighted by molar-refractivity contribution is -0.0273. The summed E-state index contributed by atoms with van der Waals surface area (Å²) in [4.78, 5) is 2.54. The molecule has 1 heterocycles. The minimum Gasteiger partial charge on any atom is -0.497 e. The van der Waals surface area contributed by atoms with E-state index in [1.807, 2.05) is 23.9 Å². The van der Waals surface area contributed by atoms with Crippen LogP contribution >= 0.6 is 11.8 Å². The first kappa shape index (κ1) is 15.7. The van der Waals surface area contributed by atoms with E-state index in [0.717, 1.165) is 31.9 Å². The second kappa shape index (κ2) is 8.55. The zero-order valence-electron chi connectivity index (χ0n) is 12.5. The molecule has 0 spiro atoms. The van der Waals surface area contributed by atoms with Crippen LogP contribution in [0.15, 0.2) is 24.3 Å². The highest BCUT2D eigenvalue weighted by molar-refractivity contribution is 7.98. The Morgan fingerprint density at radius 2 is 2.15 bits per heavy atom. The van der Waals surface area contributed by atoms with Crippen molar-refractivity contribution in [2.24, 2.45) is 0 Å². The summed E-state index contributed by atoms with van der Waals surface area (Å²) < 4.78 is 11.1.